The van der Waals surface area contributed by atoms with E-state index in [0.29, 0.717) is 16.3 Å². The molecule has 0 saturated carbocycles. The number of carbonyl (C=O) groups excluding carboxylic acids is 2. The molecule has 1 aliphatic heterocycles. The third kappa shape index (κ3) is 4.50. The number of primary amides is 1. The number of aryl methyl sites for hydroxylation is 1. The number of amides is 2. The van der Waals surface area contributed by atoms with Crippen LogP contribution in [0.15, 0.2) is 42.6 Å². The minimum atomic E-state index is -0.509. The highest BCUT2D eigenvalue weighted by Crippen LogP contribution is 2.37. The molecule has 4 rings (SSSR count). The van der Waals surface area contributed by atoms with Crippen molar-refractivity contribution in [3.05, 3.63) is 69.9 Å². The largest absolute Gasteiger partial charge is 0.365 e. The van der Waals surface area contributed by atoms with Crippen molar-refractivity contribution in [1.82, 2.24) is 14.7 Å². The maximum Gasteiger partial charge on any atom is 0.276 e. The Kier molecular flexibility index (Phi) is 6.36. The smallest absolute Gasteiger partial charge is 0.276 e. The van der Waals surface area contributed by atoms with E-state index in [2.05, 4.69) is 27.4 Å². The number of fused-ring (bicyclic) bond motifs is 1. The Morgan fingerprint density at radius 3 is 2.66 bits per heavy atom. The van der Waals surface area contributed by atoms with Gasteiger partial charge in [-0.2, -0.15) is 5.10 Å². The van der Waals surface area contributed by atoms with Crippen molar-refractivity contribution in [3.63, 3.8) is 0 Å². The second-order valence-electron chi connectivity index (χ2n) is 6.85. The summed E-state index contributed by atoms with van der Waals surface area (Å²) in [6, 6.07) is 11.9. The summed E-state index contributed by atoms with van der Waals surface area (Å²) in [6.07, 6.45) is 2.43. The number of aromatic nitrogens is 2. The number of nitrogens with two attached hydrogens (primary N) is 1. The van der Waals surface area contributed by atoms with Gasteiger partial charge in [0.25, 0.3) is 11.8 Å². The molecule has 1 aromatic carbocycles. The monoisotopic (exact) mass is 431 g/mol. The topological polar surface area (TPSA) is 93.2 Å². The third-order valence-electron chi connectivity index (χ3n) is 4.80. The van der Waals surface area contributed by atoms with Crippen LogP contribution in [-0.2, 0) is 26.6 Å². The first-order valence-corrected chi connectivity index (χ1v) is 9.84. The van der Waals surface area contributed by atoms with Crippen molar-refractivity contribution in [2.45, 2.75) is 19.5 Å². The molecule has 0 radical (unpaired) electrons. The standard InChI is InChI=1S/C20H21N5O2S.ClH/c1-24-9-8-15(23-24)19(27)22-20-17(18(21)26)14-7-10-25(12-16(14)28-20)11-13-5-3-2-4-6-13;/h2-6,8-9H,7,10-12H2,1H3,(H2,21,26)(H,22,27);1H. The van der Waals surface area contributed by atoms with Gasteiger partial charge in [0.1, 0.15) is 5.00 Å². The number of halogens is 1. The van der Waals surface area contributed by atoms with E-state index in [9.17, 15) is 9.59 Å². The number of nitrogens with one attached hydrogen (secondary N) is 1. The molecule has 29 heavy (non-hydrogen) atoms. The Bertz CT molecular complexity index is 1030. The van der Waals surface area contributed by atoms with Gasteiger partial charge in [0.15, 0.2) is 5.69 Å². The first-order chi connectivity index (χ1) is 13.5. The highest BCUT2D eigenvalue weighted by molar-refractivity contribution is 7.17. The van der Waals surface area contributed by atoms with E-state index >= 15 is 0 Å². The summed E-state index contributed by atoms with van der Waals surface area (Å²) in [5.74, 6) is -0.854. The molecule has 3 heterocycles. The van der Waals surface area contributed by atoms with Gasteiger partial charge in [0, 0.05) is 37.8 Å². The van der Waals surface area contributed by atoms with Crippen molar-refractivity contribution in [3.8, 4) is 0 Å². The first kappa shape index (κ1) is 21.0. The zero-order valence-corrected chi connectivity index (χ0v) is 17.6. The van der Waals surface area contributed by atoms with E-state index < -0.39 is 5.91 Å². The van der Waals surface area contributed by atoms with E-state index in [1.165, 1.54) is 16.9 Å². The normalized spacial score (nSPS) is 13.4. The lowest BCUT2D eigenvalue weighted by atomic mass is 10.0. The van der Waals surface area contributed by atoms with Gasteiger partial charge in [-0.05, 0) is 23.6 Å². The number of benzene rings is 1. The van der Waals surface area contributed by atoms with Crippen molar-refractivity contribution in [2.75, 3.05) is 11.9 Å². The highest BCUT2D eigenvalue weighted by Gasteiger charge is 2.28. The fourth-order valence-electron chi connectivity index (χ4n) is 3.49. The van der Waals surface area contributed by atoms with E-state index in [4.69, 9.17) is 5.73 Å². The molecule has 2 aromatic heterocycles. The zero-order valence-electron chi connectivity index (χ0n) is 15.9. The van der Waals surface area contributed by atoms with Gasteiger partial charge >= 0.3 is 0 Å². The van der Waals surface area contributed by atoms with Crippen LogP contribution in [0.25, 0.3) is 0 Å². The minimum absolute atomic E-state index is 0. The molecule has 0 fully saturated rings. The van der Waals surface area contributed by atoms with Crippen LogP contribution >= 0.6 is 23.7 Å². The fourth-order valence-corrected chi connectivity index (χ4v) is 4.78. The summed E-state index contributed by atoms with van der Waals surface area (Å²) in [7, 11) is 1.75. The maximum absolute atomic E-state index is 12.5. The number of carbonyl (C=O) groups is 2. The zero-order chi connectivity index (χ0) is 19.7. The Balaban J connectivity index is 0.00000240. The van der Waals surface area contributed by atoms with Crippen LogP contribution < -0.4 is 11.1 Å². The van der Waals surface area contributed by atoms with Crippen molar-refractivity contribution < 1.29 is 9.59 Å². The fraction of sp³-hybridized carbons (Fsp3) is 0.250. The molecular weight excluding hydrogens is 410 g/mol. The molecule has 7 nitrogen and oxygen atoms in total. The van der Waals surface area contributed by atoms with Gasteiger partial charge in [-0.15, -0.1) is 23.7 Å². The molecule has 0 bridgehead atoms. The molecule has 9 heteroatoms. The number of anilines is 1. The molecule has 0 spiro atoms. The molecule has 3 N–H and O–H groups in total. The molecule has 3 aromatic rings. The predicted molar refractivity (Wildman–Crippen MR) is 116 cm³/mol. The lowest BCUT2D eigenvalue weighted by Crippen LogP contribution is -2.30. The third-order valence-corrected chi connectivity index (χ3v) is 5.94. The van der Waals surface area contributed by atoms with Gasteiger partial charge in [-0.3, -0.25) is 19.2 Å². The molecule has 1 aliphatic rings. The summed E-state index contributed by atoms with van der Waals surface area (Å²) in [4.78, 5) is 28.0. The summed E-state index contributed by atoms with van der Waals surface area (Å²) < 4.78 is 1.56. The van der Waals surface area contributed by atoms with Crippen molar-refractivity contribution in [1.29, 1.82) is 0 Å². The van der Waals surface area contributed by atoms with Gasteiger partial charge in [0.05, 0.1) is 5.56 Å². The van der Waals surface area contributed by atoms with E-state index in [1.807, 2.05) is 18.2 Å². The molecule has 0 saturated heterocycles. The predicted octanol–water partition coefficient (Wildman–Crippen LogP) is 2.81. The SMILES string of the molecule is Cl.Cn1ccc(C(=O)Nc2sc3c(c2C(N)=O)CCN(Cc2ccccc2)C3)n1. The van der Waals surface area contributed by atoms with Crippen LogP contribution in [0.3, 0.4) is 0 Å². The number of rotatable bonds is 5. The van der Waals surface area contributed by atoms with Gasteiger partial charge in [0.2, 0.25) is 0 Å². The highest BCUT2D eigenvalue weighted by atomic mass is 35.5. The van der Waals surface area contributed by atoms with Gasteiger partial charge in [-0.1, -0.05) is 30.3 Å². The lowest BCUT2D eigenvalue weighted by molar-refractivity contribution is 0.0999. The summed E-state index contributed by atoms with van der Waals surface area (Å²) in [5.41, 5.74) is 8.59. The summed E-state index contributed by atoms with van der Waals surface area (Å²) in [6.45, 7) is 2.42. The van der Waals surface area contributed by atoms with Crippen molar-refractivity contribution >= 4 is 40.6 Å². The second kappa shape index (κ2) is 8.77. The Hall–Kier alpha value is -2.68. The van der Waals surface area contributed by atoms with Gasteiger partial charge in [-0.25, -0.2) is 0 Å². The summed E-state index contributed by atoms with van der Waals surface area (Å²) in [5, 5.41) is 7.44. The number of nitrogens with zero attached hydrogens (tertiary/aromatic N) is 3. The van der Waals surface area contributed by atoms with Crippen LogP contribution in [-0.4, -0.2) is 33.0 Å². The quantitative estimate of drug-likeness (QED) is 0.649. The van der Waals surface area contributed by atoms with E-state index in [0.717, 1.165) is 36.5 Å². The maximum atomic E-state index is 12.5. The molecule has 0 atom stereocenters. The van der Waals surface area contributed by atoms with Crippen LogP contribution in [0.5, 0.6) is 0 Å². The van der Waals surface area contributed by atoms with Crippen LogP contribution in [0.1, 0.15) is 36.9 Å². The molecule has 0 aliphatic carbocycles. The lowest BCUT2D eigenvalue weighted by Gasteiger charge is -2.27. The Labute approximate surface area is 178 Å². The van der Waals surface area contributed by atoms with Gasteiger partial charge < -0.3 is 11.1 Å². The molecule has 0 unspecified atom stereocenters. The molecule has 152 valence electrons. The molecule has 2 amide bonds. The number of thiophene rings is 1. The van der Waals surface area contributed by atoms with Crippen LogP contribution in [0.2, 0.25) is 0 Å². The van der Waals surface area contributed by atoms with Crippen LogP contribution in [0.4, 0.5) is 5.00 Å². The Morgan fingerprint density at radius 2 is 2.00 bits per heavy atom. The van der Waals surface area contributed by atoms with E-state index in [1.54, 1.807) is 24.0 Å². The molecular formula is C20H22ClN5O2S. The first-order valence-electron chi connectivity index (χ1n) is 9.03. The summed E-state index contributed by atoms with van der Waals surface area (Å²) >= 11 is 1.43. The Morgan fingerprint density at radius 1 is 1.24 bits per heavy atom. The number of hydrogen-bond acceptors (Lipinski definition) is 5. The number of hydrogen-bond donors (Lipinski definition) is 2. The van der Waals surface area contributed by atoms with Crippen molar-refractivity contribution in [2.24, 2.45) is 12.8 Å². The minimum Gasteiger partial charge on any atom is -0.365 e. The van der Waals surface area contributed by atoms with E-state index in [-0.39, 0.29) is 18.3 Å². The average Bonchev–Trinajstić information content (AvgIpc) is 3.25. The second-order valence-corrected chi connectivity index (χ2v) is 7.95. The van der Waals surface area contributed by atoms with Crippen LogP contribution in [0, 0.1) is 0 Å². The average molecular weight is 432 g/mol.